The summed E-state index contributed by atoms with van der Waals surface area (Å²) in [5, 5.41) is 0. The van der Waals surface area contributed by atoms with Crippen molar-refractivity contribution in [2.45, 2.75) is 324 Å². The zero-order valence-electron chi connectivity index (χ0n) is 79.7. The van der Waals surface area contributed by atoms with Crippen LogP contribution in [0.4, 0.5) is 22.7 Å². The summed E-state index contributed by atoms with van der Waals surface area (Å²) in [4.78, 5) is 136. The highest BCUT2D eigenvalue weighted by Gasteiger charge is 2.18. The molecule has 26 heteroatoms. The molecule has 0 fully saturated rings. The third-order valence-electron chi connectivity index (χ3n) is 24.9. The van der Waals surface area contributed by atoms with Gasteiger partial charge in [0.1, 0.15) is 23.0 Å². The average molecular weight is 1830 g/mol. The highest BCUT2D eigenvalue weighted by Crippen LogP contribution is 2.36. The fourth-order valence-electron chi connectivity index (χ4n) is 17.0. The number of aliphatic imine (C=N–C) groups is 4. The van der Waals surface area contributed by atoms with E-state index in [1.165, 1.54) is 51.4 Å². The molecule has 716 valence electrons. The van der Waals surface area contributed by atoms with Gasteiger partial charge < -0.3 is 37.2 Å². The Labute approximate surface area is 787 Å². The van der Waals surface area contributed by atoms with E-state index in [9.17, 15) is 38.4 Å². The molecule has 0 amide bonds. The van der Waals surface area contributed by atoms with E-state index in [-0.39, 0.29) is 45.0 Å². The number of unbranched alkanes of at least 4 members (excludes halogenated alkanes) is 36. The van der Waals surface area contributed by atoms with Crippen LogP contribution in [-0.2, 0) is 39.0 Å². The van der Waals surface area contributed by atoms with Crippen molar-refractivity contribution in [3.63, 3.8) is 0 Å². The van der Waals surface area contributed by atoms with E-state index in [1.807, 2.05) is 84.9 Å². The van der Waals surface area contributed by atoms with Crippen LogP contribution in [0.3, 0.4) is 0 Å². The third kappa shape index (κ3) is 36.3. The lowest BCUT2D eigenvalue weighted by Gasteiger charge is -2.16. The lowest BCUT2D eigenvalue weighted by Crippen LogP contribution is -2.30. The molecule has 0 spiro atoms. The molecule has 0 unspecified atom stereocenters. The first-order chi connectivity index (χ1) is 65.4. The van der Waals surface area contributed by atoms with Crippen LogP contribution >= 0.6 is 0 Å². The van der Waals surface area contributed by atoms with Crippen molar-refractivity contribution in [3.05, 3.63) is 285 Å². The second kappa shape index (κ2) is 57.4. The summed E-state index contributed by atoms with van der Waals surface area (Å²) in [7, 11) is 0. The molecule has 0 radical (unpaired) electrons. The van der Waals surface area contributed by atoms with Gasteiger partial charge in [-0.25, -0.2) is 29.1 Å². The van der Waals surface area contributed by atoms with Crippen molar-refractivity contribution >= 4 is 47.6 Å². The van der Waals surface area contributed by atoms with Crippen LogP contribution in [0.5, 0.6) is 23.0 Å². The Morgan fingerprint density at radius 1 is 0.246 bits per heavy atom. The summed E-state index contributed by atoms with van der Waals surface area (Å²) in [6.45, 7) is 11.6. The number of fused-ring (bicyclic) bond motifs is 12. The Morgan fingerprint density at radius 3 is 0.634 bits per heavy atom. The number of nitrogens with one attached hydrogen (secondary N) is 4. The molecule has 11 rings (SSSR count). The van der Waals surface area contributed by atoms with Gasteiger partial charge in [-0.05, 0) is 176 Å². The molecule has 4 aromatic carbocycles. The number of hydrogen-bond acceptors (Lipinski definition) is 18. The summed E-state index contributed by atoms with van der Waals surface area (Å²) in [5.74, 6) is 3.12. The summed E-state index contributed by atoms with van der Waals surface area (Å²) >= 11 is 0. The maximum atomic E-state index is 12.2. The quantitative estimate of drug-likeness (QED) is 0.0258. The lowest BCUT2D eigenvalue weighted by atomic mass is 10.0. The van der Waals surface area contributed by atoms with Crippen LogP contribution < -0.4 is 63.9 Å². The van der Waals surface area contributed by atoms with Gasteiger partial charge >= 0.3 is 22.8 Å². The Balaban J connectivity index is 0.766. The van der Waals surface area contributed by atoms with Gasteiger partial charge in [0.2, 0.25) is 0 Å². The number of pyridine rings is 2. The van der Waals surface area contributed by atoms with E-state index in [0.29, 0.717) is 110 Å². The second-order valence-corrected chi connectivity index (χ2v) is 36.1. The molecule has 134 heavy (non-hydrogen) atoms. The van der Waals surface area contributed by atoms with Gasteiger partial charge in [0.15, 0.2) is 0 Å². The molecule has 12 bridgehead atoms. The zero-order valence-corrected chi connectivity index (χ0v) is 79.7. The molecule has 1 aliphatic heterocycles. The van der Waals surface area contributed by atoms with Crippen molar-refractivity contribution in [2.24, 2.45) is 20.0 Å². The number of aromatic nitrogens is 10. The first-order valence-electron chi connectivity index (χ1n) is 49.8. The largest absolute Gasteiger partial charge is 0.493 e. The van der Waals surface area contributed by atoms with E-state index >= 15 is 0 Å². The minimum atomic E-state index is -0.345. The summed E-state index contributed by atoms with van der Waals surface area (Å²) in [5.41, 5.74) is 8.96. The van der Waals surface area contributed by atoms with E-state index in [4.69, 9.17) is 48.9 Å². The van der Waals surface area contributed by atoms with Crippen LogP contribution in [0.2, 0.25) is 0 Å². The van der Waals surface area contributed by atoms with Crippen molar-refractivity contribution in [1.82, 2.24) is 48.2 Å². The number of H-pyrrole nitrogens is 4. The topological polar surface area (TPSA) is 332 Å². The van der Waals surface area contributed by atoms with E-state index in [0.717, 1.165) is 273 Å². The molecule has 0 saturated carbocycles. The Morgan fingerprint density at radius 2 is 0.433 bits per heavy atom. The number of rotatable bonds is 56. The van der Waals surface area contributed by atoms with Gasteiger partial charge in [0.25, 0.3) is 22.2 Å². The fraction of sp³-hybridized carbons (Fsp3) is 0.500. The lowest BCUT2D eigenvalue weighted by molar-refractivity contribution is 0.298. The molecule has 26 nitrogen and oxygen atoms in total. The van der Waals surface area contributed by atoms with Crippen LogP contribution in [0, 0.1) is 27.7 Å². The first kappa shape index (κ1) is 102. The van der Waals surface area contributed by atoms with Crippen LogP contribution in [0.1, 0.15) is 324 Å². The Hall–Kier alpha value is -12.2. The highest BCUT2D eigenvalue weighted by molar-refractivity contribution is 5.85. The molecular formula is C108H142N14O12. The SMILES string of the molecule is Cc1cn(CCCCCCCCCCCCOc2ccc3cc2Cc2cc(ccc2OCCCCCCCCCCCCn2cc(C)c(=O)[nH]c2=O)N=Cc2cccc(n2)C=Nc2ccc(OCCCCCCCCCCCCn4cc(C)c(=O)[nH]c4=O)c(c2)Cc2cc(ccc2OCCCCCCCCCCCCn2cc(C)c(=O)[nH]c2=O)N=Cc2cccc(n2)C=N3)c(=O)[nH]c1=O. The third-order valence-corrected chi connectivity index (χ3v) is 24.9. The maximum absolute atomic E-state index is 12.2. The molecule has 7 heterocycles. The second-order valence-electron chi connectivity index (χ2n) is 36.1. The Bertz CT molecular complexity index is 5260. The molecule has 6 aromatic heterocycles. The minimum Gasteiger partial charge on any atom is -0.493 e. The van der Waals surface area contributed by atoms with Gasteiger partial charge in [0, 0.05) is 108 Å². The molecule has 0 aliphatic carbocycles. The van der Waals surface area contributed by atoms with Crippen molar-refractivity contribution < 1.29 is 18.9 Å². The summed E-state index contributed by atoms with van der Waals surface area (Å²) in [6.07, 6.45) is 58.0. The van der Waals surface area contributed by atoms with E-state index in [2.05, 4.69) is 44.2 Å². The van der Waals surface area contributed by atoms with Crippen LogP contribution in [0.15, 0.2) is 192 Å². The number of hydrogen-bond donors (Lipinski definition) is 4. The van der Waals surface area contributed by atoms with Crippen LogP contribution in [0.25, 0.3) is 0 Å². The highest BCUT2D eigenvalue weighted by atomic mass is 16.5. The van der Waals surface area contributed by atoms with Gasteiger partial charge in [0.05, 0.1) is 96.8 Å². The van der Waals surface area contributed by atoms with Gasteiger partial charge in [-0.1, -0.05) is 218 Å². The smallest absolute Gasteiger partial charge is 0.328 e. The van der Waals surface area contributed by atoms with Gasteiger partial charge in [-0.15, -0.1) is 0 Å². The van der Waals surface area contributed by atoms with Crippen molar-refractivity contribution in [3.8, 4) is 23.0 Å². The monoisotopic (exact) mass is 1830 g/mol. The number of aromatic amines is 4. The van der Waals surface area contributed by atoms with E-state index in [1.54, 1.807) is 95.6 Å². The minimum absolute atomic E-state index is 0.326. The standard InChI is InChI=1S/C108H142N14O12/c1-81-77-119(105(127)115-101(81)123)59-37-29-21-13-5-9-17-25-33-41-63-131-97-55-51-89-69-85(97)67-86-70-90(52-56-98(86)132-64-42-34-26-18-10-6-14-22-30-38-60-120-78-82(2)102(124)116-106(120)128)110-74-94-49-46-50-96(114-94)76-112-92-54-58-100(134-66-44-36-28-20-12-8-16-24-32-40-62-122-80-84(4)104(126)118-108(122)130)88(72-92)68-87-71-91(111-75-95-48-45-47-93(113-95)73-109-89)53-57-99(87)133-65-43-35-27-19-11-7-15-23-31-39-61-121-79-83(3)103(125)117-107(121)129/h45-58,69-80H,5-44,59-68H2,1-4H3,(H,115,123,127)(H,116,124,128)(H,117,125,129)(H,118,126,130). The number of benzene rings is 4. The molecule has 1 aliphatic rings. The van der Waals surface area contributed by atoms with Crippen LogP contribution in [-0.4, -0.2) is 99.5 Å². The predicted octanol–water partition coefficient (Wildman–Crippen LogP) is 21.5. The fourth-order valence-corrected chi connectivity index (χ4v) is 17.0. The van der Waals surface area contributed by atoms with Crippen molar-refractivity contribution in [2.75, 3.05) is 26.4 Å². The maximum Gasteiger partial charge on any atom is 0.328 e. The number of ether oxygens (including phenoxy) is 4. The van der Waals surface area contributed by atoms with Gasteiger partial charge in [-0.2, -0.15) is 0 Å². The number of aryl methyl sites for hydroxylation is 8. The predicted molar refractivity (Wildman–Crippen MR) is 540 cm³/mol. The van der Waals surface area contributed by atoms with Gasteiger partial charge in [-0.3, -0.25) is 59.1 Å². The molecular weight excluding hydrogens is 1690 g/mol. The molecule has 0 saturated heterocycles. The number of nitrogens with zero attached hydrogens (tertiary/aromatic N) is 10. The summed E-state index contributed by atoms with van der Waals surface area (Å²) in [6, 6.07) is 36.3. The average Bonchev–Trinajstić information content (AvgIpc) is 0.819. The first-order valence-corrected chi connectivity index (χ1v) is 49.8. The molecule has 10 aromatic rings. The Kier molecular flexibility index (Phi) is 43.8. The molecule has 0 atom stereocenters. The van der Waals surface area contributed by atoms with E-state index < -0.39 is 0 Å². The summed E-state index contributed by atoms with van der Waals surface area (Å²) < 4.78 is 33.5. The van der Waals surface area contributed by atoms with Crippen molar-refractivity contribution in [1.29, 1.82) is 0 Å². The molecule has 4 N–H and O–H groups in total. The normalized spacial score (nSPS) is 12.0. The zero-order chi connectivity index (χ0) is 94.1.